The zero-order valence-corrected chi connectivity index (χ0v) is 11.9. The zero-order valence-electron chi connectivity index (χ0n) is 6.42. The second kappa shape index (κ2) is 3.47. The Morgan fingerprint density at radius 3 is 2.80 bits per heavy atom. The van der Waals surface area contributed by atoms with E-state index in [1.54, 1.807) is 0 Å². The van der Waals surface area contributed by atoms with Crippen LogP contribution in [0.2, 0.25) is 3.93 Å². The van der Waals surface area contributed by atoms with Gasteiger partial charge in [0.15, 0.2) is 0 Å². The molecule has 55 valence electrons. The Kier molecular flexibility index (Phi) is 3.10. The van der Waals surface area contributed by atoms with Crippen molar-refractivity contribution in [2.75, 3.05) is 6.61 Å². The molecule has 0 saturated carbocycles. The number of ether oxygens (including phenoxy) is 1. The van der Waals surface area contributed by atoms with Crippen LogP contribution in [-0.2, 0) is 40.6 Å². The molecule has 1 aliphatic heterocycles. The molecule has 1 aliphatic rings. The summed E-state index contributed by atoms with van der Waals surface area (Å²) in [5, 5.41) is 0. The van der Waals surface area contributed by atoms with Crippen molar-refractivity contribution in [1.82, 2.24) is 0 Å². The minimum absolute atomic E-state index is 0.0687. The van der Waals surface area contributed by atoms with Crippen LogP contribution in [0, 0.1) is 0 Å². The Hall–Kier alpha value is 0.815. The molecule has 0 unspecified atom stereocenters. The van der Waals surface area contributed by atoms with Crippen molar-refractivity contribution in [2.45, 2.75) is 29.7 Å². The summed E-state index contributed by atoms with van der Waals surface area (Å²) in [5.41, 5.74) is -0.0687. The Balaban J connectivity index is 2.45. The molecular formula is C6H11HgO3. The van der Waals surface area contributed by atoms with Crippen LogP contribution in [-0.4, -0.2) is 18.5 Å². The summed E-state index contributed by atoms with van der Waals surface area (Å²) < 4.78 is 6.66. The van der Waals surface area contributed by atoms with Gasteiger partial charge in [0, 0.05) is 0 Å². The minimum atomic E-state index is -0.206. The molecule has 4 heteroatoms. The Bertz CT molecular complexity index is 120. The van der Waals surface area contributed by atoms with E-state index >= 15 is 0 Å². The molecule has 0 spiro atoms. The van der Waals surface area contributed by atoms with E-state index in [0.29, 0.717) is 6.61 Å². The van der Waals surface area contributed by atoms with Crippen LogP contribution >= 0.6 is 0 Å². The monoisotopic (exact) mass is 333 g/mol. The van der Waals surface area contributed by atoms with Gasteiger partial charge in [0.1, 0.15) is 0 Å². The van der Waals surface area contributed by atoms with Gasteiger partial charge in [0.25, 0.3) is 0 Å². The molecule has 0 amide bonds. The molecule has 3 nitrogen and oxygen atoms in total. The molecule has 0 aromatic heterocycles. The van der Waals surface area contributed by atoms with Gasteiger partial charge in [0.05, 0.1) is 0 Å². The number of rotatable bonds is 1. The fourth-order valence-corrected chi connectivity index (χ4v) is 1.86. The summed E-state index contributed by atoms with van der Waals surface area (Å²) in [5.74, 6) is 0. The maximum absolute atomic E-state index is 5.52. The van der Waals surface area contributed by atoms with Crippen LogP contribution in [0.1, 0.15) is 13.8 Å². The molecule has 0 aromatic carbocycles. The predicted molar refractivity (Wildman–Crippen MR) is 30.8 cm³/mol. The molecule has 1 heterocycles. The van der Waals surface area contributed by atoms with Gasteiger partial charge in [-0.05, 0) is 0 Å². The van der Waals surface area contributed by atoms with Crippen LogP contribution in [0.15, 0.2) is 0 Å². The van der Waals surface area contributed by atoms with Gasteiger partial charge in [-0.3, -0.25) is 0 Å². The SMILES string of the molecule is C[C@H]1OOC[C@](C)([CH2][Hg])O1. The Labute approximate surface area is 76.9 Å². The van der Waals surface area contributed by atoms with Gasteiger partial charge in [-0.1, -0.05) is 0 Å². The summed E-state index contributed by atoms with van der Waals surface area (Å²) >= 11 is 0.761. The average Bonchev–Trinajstić information content (AvgIpc) is 1.88. The molecule has 1 fully saturated rings. The molecule has 1 saturated heterocycles. The van der Waals surface area contributed by atoms with Gasteiger partial charge in [-0.25, -0.2) is 0 Å². The van der Waals surface area contributed by atoms with Gasteiger partial charge in [-0.2, -0.15) is 0 Å². The van der Waals surface area contributed by atoms with E-state index in [1.165, 1.54) is 0 Å². The maximum atomic E-state index is 5.52. The van der Waals surface area contributed by atoms with E-state index in [4.69, 9.17) is 14.5 Å². The third-order valence-electron chi connectivity index (χ3n) is 1.55. The molecule has 0 aromatic rings. The van der Waals surface area contributed by atoms with E-state index in [9.17, 15) is 0 Å². The molecular weight excluding hydrogens is 321 g/mol. The quantitative estimate of drug-likeness (QED) is 0.531. The van der Waals surface area contributed by atoms with E-state index in [-0.39, 0.29) is 11.9 Å². The summed E-state index contributed by atoms with van der Waals surface area (Å²) in [7, 11) is 0. The topological polar surface area (TPSA) is 27.7 Å². The predicted octanol–water partition coefficient (Wildman–Crippen LogP) is 1.03. The second-order valence-electron chi connectivity index (χ2n) is 2.74. The van der Waals surface area contributed by atoms with Gasteiger partial charge >= 0.3 is 76.9 Å². The first kappa shape index (κ1) is 8.91. The van der Waals surface area contributed by atoms with Crippen molar-refractivity contribution in [3.05, 3.63) is 0 Å². The summed E-state index contributed by atoms with van der Waals surface area (Å²) in [6.07, 6.45) is -0.206. The third-order valence-corrected chi connectivity index (χ3v) is 5.66. The first-order valence-electron chi connectivity index (χ1n) is 3.42. The van der Waals surface area contributed by atoms with E-state index in [1.807, 2.05) is 6.92 Å². The van der Waals surface area contributed by atoms with E-state index < -0.39 is 0 Å². The molecule has 1 rings (SSSR count). The van der Waals surface area contributed by atoms with E-state index in [2.05, 4.69) is 6.92 Å². The van der Waals surface area contributed by atoms with Crippen LogP contribution in [0.5, 0.6) is 0 Å². The Morgan fingerprint density at radius 2 is 2.40 bits per heavy atom. The van der Waals surface area contributed by atoms with Gasteiger partial charge in [0.2, 0.25) is 0 Å². The van der Waals surface area contributed by atoms with Crippen LogP contribution < -0.4 is 0 Å². The molecule has 0 bridgehead atoms. The average molecular weight is 332 g/mol. The van der Waals surface area contributed by atoms with Crippen LogP contribution in [0.4, 0.5) is 0 Å². The number of hydrogen-bond donors (Lipinski definition) is 0. The number of hydrogen-bond acceptors (Lipinski definition) is 3. The molecule has 10 heavy (non-hydrogen) atoms. The summed E-state index contributed by atoms with van der Waals surface area (Å²) in [4.78, 5) is 9.67. The zero-order chi connectivity index (χ0) is 7.61. The third kappa shape index (κ3) is 2.15. The van der Waals surface area contributed by atoms with Crippen molar-refractivity contribution in [3.8, 4) is 0 Å². The molecule has 2 atom stereocenters. The van der Waals surface area contributed by atoms with Crippen molar-refractivity contribution >= 4 is 0 Å². The van der Waals surface area contributed by atoms with Crippen molar-refractivity contribution < 1.29 is 40.6 Å². The summed E-state index contributed by atoms with van der Waals surface area (Å²) in [6, 6.07) is 0. The first-order chi connectivity index (χ1) is 4.66. The van der Waals surface area contributed by atoms with Crippen LogP contribution in [0.3, 0.4) is 0 Å². The standard InChI is InChI=1S/C6H11O3.Hg/c1-5-8-6(2,3)4-7-9-5;/h5H,2,4H2,1,3H3;/t5-,6-;/m1./s1. The second-order valence-corrected chi connectivity index (χ2v) is 4.69. The summed E-state index contributed by atoms with van der Waals surface area (Å²) in [6.45, 7) is 4.49. The fourth-order valence-electron chi connectivity index (χ4n) is 0.840. The Morgan fingerprint density at radius 1 is 1.70 bits per heavy atom. The fraction of sp³-hybridized carbons (Fsp3) is 1.00. The van der Waals surface area contributed by atoms with Crippen molar-refractivity contribution in [3.63, 3.8) is 0 Å². The van der Waals surface area contributed by atoms with Gasteiger partial charge < -0.3 is 0 Å². The van der Waals surface area contributed by atoms with Crippen molar-refractivity contribution in [1.29, 1.82) is 0 Å². The normalized spacial score (nSPS) is 41.8. The molecule has 0 radical (unpaired) electrons. The van der Waals surface area contributed by atoms with Crippen LogP contribution in [0.25, 0.3) is 0 Å². The van der Waals surface area contributed by atoms with Gasteiger partial charge in [-0.15, -0.1) is 0 Å². The molecule has 0 N–H and O–H groups in total. The van der Waals surface area contributed by atoms with Crippen molar-refractivity contribution in [2.24, 2.45) is 0 Å². The van der Waals surface area contributed by atoms with E-state index in [0.717, 1.165) is 30.1 Å². The first-order valence-corrected chi connectivity index (χ1v) is 7.30. The molecule has 0 aliphatic carbocycles.